The van der Waals surface area contributed by atoms with Crippen molar-refractivity contribution in [1.29, 1.82) is 0 Å². The molecule has 1 aromatic heterocycles. The summed E-state index contributed by atoms with van der Waals surface area (Å²) in [4.78, 5) is 19.0. The van der Waals surface area contributed by atoms with Crippen LogP contribution >= 0.6 is 12.2 Å². The van der Waals surface area contributed by atoms with E-state index in [1.54, 1.807) is 0 Å². The molecule has 0 aliphatic heterocycles. The predicted molar refractivity (Wildman–Crippen MR) is 68.8 cm³/mol. The Morgan fingerprint density at radius 3 is 2.47 bits per heavy atom. The van der Waals surface area contributed by atoms with Crippen LogP contribution < -0.4 is 0 Å². The number of hydrogen-bond acceptors (Lipinski definition) is 4. The number of aromatic nitrogens is 2. The van der Waals surface area contributed by atoms with Crippen LogP contribution in [0, 0.1) is 11.6 Å². The van der Waals surface area contributed by atoms with Gasteiger partial charge in [-0.25, -0.2) is 9.78 Å². The minimum atomic E-state index is -0.438. The van der Waals surface area contributed by atoms with Crippen molar-refractivity contribution in [2.24, 2.45) is 0 Å². The smallest absolute Gasteiger partial charge is 0.342 e. The Labute approximate surface area is 106 Å². The molecule has 0 fully saturated rings. The highest BCUT2D eigenvalue weighted by Crippen LogP contribution is 2.20. The summed E-state index contributed by atoms with van der Waals surface area (Å²) >= 11 is 5.15. The van der Waals surface area contributed by atoms with E-state index in [0.717, 1.165) is 24.4 Å². The summed E-state index contributed by atoms with van der Waals surface area (Å²) in [5.41, 5.74) is 1.08. The molecular formula is C12H18N2O2S. The van der Waals surface area contributed by atoms with Crippen LogP contribution in [0.5, 0.6) is 0 Å². The summed E-state index contributed by atoms with van der Waals surface area (Å²) in [6, 6.07) is 0. The molecule has 0 saturated carbocycles. The first-order valence-electron chi connectivity index (χ1n) is 5.74. The standard InChI is InChI=1S/C12H18N2O2S/c1-5-8(6-2)10-13-7(3)9(11(17)14-10)12(15)16-4/h8H,5-6H2,1-4H3,(H,13,14,17). The highest BCUT2D eigenvalue weighted by Gasteiger charge is 2.17. The van der Waals surface area contributed by atoms with Crippen molar-refractivity contribution in [3.63, 3.8) is 0 Å². The van der Waals surface area contributed by atoms with E-state index in [9.17, 15) is 4.79 Å². The number of carbonyl (C=O) groups excluding carboxylic acids is 1. The molecule has 0 radical (unpaired) electrons. The van der Waals surface area contributed by atoms with Gasteiger partial charge in [0.25, 0.3) is 0 Å². The van der Waals surface area contributed by atoms with Gasteiger partial charge in [-0.05, 0) is 19.8 Å². The summed E-state index contributed by atoms with van der Waals surface area (Å²) in [5, 5.41) is 0. The van der Waals surface area contributed by atoms with E-state index in [1.807, 2.05) is 6.92 Å². The van der Waals surface area contributed by atoms with Crippen molar-refractivity contribution in [3.05, 3.63) is 21.7 Å². The molecule has 0 atom stereocenters. The number of aryl methyl sites for hydroxylation is 1. The van der Waals surface area contributed by atoms with E-state index in [-0.39, 0.29) is 0 Å². The molecule has 4 nitrogen and oxygen atoms in total. The fourth-order valence-electron chi connectivity index (χ4n) is 1.82. The lowest BCUT2D eigenvalue weighted by atomic mass is 10.0. The van der Waals surface area contributed by atoms with E-state index in [1.165, 1.54) is 7.11 Å². The molecule has 1 rings (SSSR count). The van der Waals surface area contributed by atoms with Gasteiger partial charge >= 0.3 is 5.97 Å². The second kappa shape index (κ2) is 5.91. The van der Waals surface area contributed by atoms with Crippen LogP contribution in [-0.2, 0) is 4.74 Å². The molecule has 0 aliphatic rings. The Kier molecular flexibility index (Phi) is 4.81. The maximum absolute atomic E-state index is 11.5. The van der Waals surface area contributed by atoms with Crippen LogP contribution in [0.1, 0.15) is 54.5 Å². The summed E-state index contributed by atoms with van der Waals surface area (Å²) < 4.78 is 5.00. The Hall–Kier alpha value is -1.23. The third-order valence-electron chi connectivity index (χ3n) is 2.89. The molecule has 0 amide bonds. The molecule has 17 heavy (non-hydrogen) atoms. The van der Waals surface area contributed by atoms with E-state index >= 15 is 0 Å². The average Bonchev–Trinajstić information content (AvgIpc) is 2.29. The summed E-state index contributed by atoms with van der Waals surface area (Å²) in [5.74, 6) is 0.764. The van der Waals surface area contributed by atoms with Crippen molar-refractivity contribution in [2.45, 2.75) is 39.5 Å². The van der Waals surface area contributed by atoms with E-state index < -0.39 is 5.97 Å². The van der Waals surface area contributed by atoms with Crippen LogP contribution in [0.3, 0.4) is 0 Å². The number of methoxy groups -OCH3 is 1. The minimum Gasteiger partial charge on any atom is -0.465 e. The average molecular weight is 254 g/mol. The molecule has 0 unspecified atom stereocenters. The Bertz CT molecular complexity index is 464. The molecule has 0 aromatic carbocycles. The van der Waals surface area contributed by atoms with Crippen LogP contribution in [0.4, 0.5) is 0 Å². The van der Waals surface area contributed by atoms with Crippen LogP contribution in [-0.4, -0.2) is 23.0 Å². The first-order chi connectivity index (χ1) is 8.04. The molecule has 0 saturated heterocycles. The van der Waals surface area contributed by atoms with Gasteiger partial charge in [0.05, 0.1) is 7.11 Å². The Balaban J connectivity index is 3.27. The number of aromatic amines is 1. The molecule has 0 aliphatic carbocycles. The largest absolute Gasteiger partial charge is 0.465 e. The number of ether oxygens (including phenoxy) is 1. The third kappa shape index (κ3) is 2.91. The molecule has 94 valence electrons. The normalized spacial score (nSPS) is 10.6. The quantitative estimate of drug-likeness (QED) is 0.662. The van der Waals surface area contributed by atoms with Gasteiger partial charge in [0.1, 0.15) is 16.0 Å². The molecule has 5 heteroatoms. The molecular weight excluding hydrogens is 236 g/mol. The fraction of sp³-hybridized carbons (Fsp3) is 0.583. The first kappa shape index (κ1) is 13.8. The van der Waals surface area contributed by atoms with Gasteiger partial charge in [-0.2, -0.15) is 0 Å². The molecule has 0 bridgehead atoms. The maximum atomic E-state index is 11.5. The van der Waals surface area contributed by atoms with Crippen molar-refractivity contribution >= 4 is 18.2 Å². The van der Waals surface area contributed by atoms with Gasteiger partial charge in [0.15, 0.2) is 0 Å². The Morgan fingerprint density at radius 2 is 2.06 bits per heavy atom. The zero-order chi connectivity index (χ0) is 13.0. The van der Waals surface area contributed by atoms with Crippen molar-refractivity contribution in [1.82, 2.24) is 9.97 Å². The predicted octanol–water partition coefficient (Wildman–Crippen LogP) is 3.14. The third-order valence-corrected chi connectivity index (χ3v) is 3.18. The number of H-pyrrole nitrogens is 1. The topological polar surface area (TPSA) is 55.0 Å². The van der Waals surface area contributed by atoms with Gasteiger partial charge in [-0.3, -0.25) is 0 Å². The van der Waals surface area contributed by atoms with Crippen molar-refractivity contribution in [3.8, 4) is 0 Å². The van der Waals surface area contributed by atoms with Gasteiger partial charge < -0.3 is 9.72 Å². The highest BCUT2D eigenvalue weighted by atomic mass is 32.1. The lowest BCUT2D eigenvalue weighted by molar-refractivity contribution is 0.0598. The van der Waals surface area contributed by atoms with E-state index in [0.29, 0.717) is 16.1 Å². The number of nitrogens with zero attached hydrogens (tertiary/aromatic N) is 1. The maximum Gasteiger partial charge on any atom is 0.342 e. The van der Waals surface area contributed by atoms with Crippen LogP contribution in [0.2, 0.25) is 0 Å². The van der Waals surface area contributed by atoms with Gasteiger partial charge in [-0.15, -0.1) is 0 Å². The lowest BCUT2D eigenvalue weighted by Gasteiger charge is -2.14. The van der Waals surface area contributed by atoms with Gasteiger partial charge in [0.2, 0.25) is 0 Å². The zero-order valence-corrected chi connectivity index (χ0v) is 11.5. The number of rotatable bonds is 4. The summed E-state index contributed by atoms with van der Waals surface area (Å²) in [6.07, 6.45) is 1.98. The second-order valence-corrected chi connectivity index (χ2v) is 4.32. The first-order valence-corrected chi connectivity index (χ1v) is 6.15. The molecule has 1 aromatic rings. The fourth-order valence-corrected chi connectivity index (χ4v) is 2.15. The zero-order valence-electron chi connectivity index (χ0n) is 10.7. The summed E-state index contributed by atoms with van der Waals surface area (Å²) in [7, 11) is 1.34. The Morgan fingerprint density at radius 1 is 1.47 bits per heavy atom. The molecule has 0 spiro atoms. The SMILES string of the molecule is CCC(CC)c1nc(=S)c(C(=O)OC)c(C)[nH]1. The van der Waals surface area contributed by atoms with Crippen LogP contribution in [0.25, 0.3) is 0 Å². The minimum absolute atomic E-state index is 0.315. The lowest BCUT2D eigenvalue weighted by Crippen LogP contribution is -2.12. The van der Waals surface area contributed by atoms with E-state index in [4.69, 9.17) is 12.2 Å². The van der Waals surface area contributed by atoms with Crippen LogP contribution in [0.15, 0.2) is 0 Å². The summed E-state index contributed by atoms with van der Waals surface area (Å²) in [6.45, 7) is 6.03. The molecule has 1 N–H and O–H groups in total. The van der Waals surface area contributed by atoms with Gasteiger partial charge in [-0.1, -0.05) is 26.1 Å². The molecule has 1 heterocycles. The second-order valence-electron chi connectivity index (χ2n) is 3.93. The number of hydrogen-bond donors (Lipinski definition) is 1. The van der Waals surface area contributed by atoms with Gasteiger partial charge in [0, 0.05) is 11.6 Å². The van der Waals surface area contributed by atoms with E-state index in [2.05, 4.69) is 28.6 Å². The number of nitrogens with one attached hydrogen (secondary N) is 1. The van der Waals surface area contributed by atoms with Crippen molar-refractivity contribution < 1.29 is 9.53 Å². The monoisotopic (exact) mass is 254 g/mol. The highest BCUT2D eigenvalue weighted by molar-refractivity contribution is 7.71. The number of esters is 1. The number of carbonyl (C=O) groups is 1. The van der Waals surface area contributed by atoms with Crippen molar-refractivity contribution in [2.75, 3.05) is 7.11 Å².